The molecule has 2 aliphatic rings. The van der Waals surface area contributed by atoms with Gasteiger partial charge in [0.25, 0.3) is 5.91 Å². The number of aryl methyl sites for hydroxylation is 1. The van der Waals surface area contributed by atoms with E-state index in [1.54, 1.807) is 6.07 Å². The van der Waals surface area contributed by atoms with Gasteiger partial charge in [0, 0.05) is 37.3 Å². The van der Waals surface area contributed by atoms with Crippen LogP contribution in [0, 0.1) is 5.41 Å². The molecule has 1 fully saturated rings. The van der Waals surface area contributed by atoms with Crippen molar-refractivity contribution >= 4 is 11.9 Å². The number of amides is 1. The summed E-state index contributed by atoms with van der Waals surface area (Å²) in [7, 11) is 0. The maximum Gasteiger partial charge on any atom is 0.273 e. The van der Waals surface area contributed by atoms with Gasteiger partial charge in [0.2, 0.25) is 5.95 Å². The number of hydrogen-bond donors (Lipinski definition) is 1. The third-order valence-corrected chi connectivity index (χ3v) is 5.81. The lowest BCUT2D eigenvalue weighted by molar-refractivity contribution is -0.00575. The van der Waals surface area contributed by atoms with E-state index in [4.69, 9.17) is 14.2 Å². The molecule has 8 heteroatoms. The van der Waals surface area contributed by atoms with Crippen LogP contribution in [0.25, 0.3) is 0 Å². The van der Waals surface area contributed by atoms with Crippen LogP contribution in [0.4, 0.5) is 5.95 Å². The summed E-state index contributed by atoms with van der Waals surface area (Å²) in [5, 5.41) is 7.02. The molecule has 0 aromatic carbocycles. The summed E-state index contributed by atoms with van der Waals surface area (Å²) in [6, 6.07) is 1.54. The molecule has 1 saturated heterocycles. The molecule has 2 aromatic heterocycles. The third kappa shape index (κ3) is 4.33. The van der Waals surface area contributed by atoms with Gasteiger partial charge in [-0.05, 0) is 32.1 Å². The number of aromatic nitrogens is 3. The lowest BCUT2D eigenvalue weighted by Gasteiger charge is -2.38. The average Bonchev–Trinajstić information content (AvgIpc) is 3.15. The van der Waals surface area contributed by atoms with Gasteiger partial charge < -0.3 is 19.5 Å². The van der Waals surface area contributed by atoms with Crippen LogP contribution in [0.1, 0.15) is 74.6 Å². The van der Waals surface area contributed by atoms with Crippen LogP contribution < -0.4 is 10.2 Å². The Kier molecular flexibility index (Phi) is 5.53. The number of rotatable bonds is 4. The van der Waals surface area contributed by atoms with Crippen molar-refractivity contribution in [1.29, 1.82) is 0 Å². The molecular weight excluding hydrogens is 382 g/mol. The Morgan fingerprint density at radius 3 is 2.70 bits per heavy atom. The first kappa shape index (κ1) is 20.8. The second kappa shape index (κ2) is 7.98. The fourth-order valence-corrected chi connectivity index (χ4v) is 4.48. The summed E-state index contributed by atoms with van der Waals surface area (Å²) in [6.07, 6.45) is 4.54. The highest BCUT2D eigenvalue weighted by Crippen LogP contribution is 2.40. The maximum absolute atomic E-state index is 12.8. The van der Waals surface area contributed by atoms with Crippen molar-refractivity contribution in [2.24, 2.45) is 5.41 Å². The fraction of sp³-hybridized carbons (Fsp3) is 0.636. The van der Waals surface area contributed by atoms with Gasteiger partial charge >= 0.3 is 0 Å². The molecule has 0 bridgehead atoms. The highest BCUT2D eigenvalue weighted by molar-refractivity contribution is 5.92. The lowest BCUT2D eigenvalue weighted by atomic mass is 9.74. The lowest BCUT2D eigenvalue weighted by Crippen LogP contribution is -2.46. The van der Waals surface area contributed by atoms with Crippen molar-refractivity contribution in [2.75, 3.05) is 18.0 Å². The Labute approximate surface area is 177 Å². The van der Waals surface area contributed by atoms with E-state index in [-0.39, 0.29) is 29.6 Å². The molecule has 0 spiro atoms. The maximum atomic E-state index is 12.8. The van der Waals surface area contributed by atoms with Crippen LogP contribution in [-0.4, -0.2) is 46.3 Å². The SMILES string of the molecule is CCc1cc(C(=O)NC2CC(C)(C)Cc3nc(N4CC(C)OC(C)C4)ncc32)no1. The third-order valence-electron chi connectivity index (χ3n) is 5.81. The number of nitrogens with one attached hydrogen (secondary N) is 1. The minimum atomic E-state index is -0.230. The van der Waals surface area contributed by atoms with E-state index in [1.165, 1.54) is 0 Å². The van der Waals surface area contributed by atoms with Crippen LogP contribution >= 0.6 is 0 Å². The zero-order valence-electron chi connectivity index (χ0n) is 18.4. The molecule has 4 rings (SSSR count). The van der Waals surface area contributed by atoms with Crippen molar-refractivity contribution in [2.45, 2.75) is 72.1 Å². The van der Waals surface area contributed by atoms with E-state index in [1.807, 2.05) is 13.1 Å². The second-order valence-corrected chi connectivity index (χ2v) is 9.34. The van der Waals surface area contributed by atoms with Gasteiger partial charge in [-0.25, -0.2) is 9.97 Å². The predicted molar refractivity (Wildman–Crippen MR) is 112 cm³/mol. The van der Waals surface area contributed by atoms with Gasteiger partial charge in [-0.1, -0.05) is 25.9 Å². The molecule has 1 aliphatic carbocycles. The van der Waals surface area contributed by atoms with Gasteiger partial charge in [0.1, 0.15) is 5.76 Å². The van der Waals surface area contributed by atoms with E-state index in [0.717, 1.165) is 43.1 Å². The molecule has 3 atom stereocenters. The van der Waals surface area contributed by atoms with E-state index in [2.05, 4.69) is 48.1 Å². The monoisotopic (exact) mass is 413 g/mol. The molecule has 1 aliphatic heterocycles. The number of ether oxygens (including phenoxy) is 1. The Hall–Kier alpha value is -2.48. The number of carbonyl (C=O) groups excluding carboxylic acids is 1. The summed E-state index contributed by atoms with van der Waals surface area (Å²) in [5.74, 6) is 1.21. The Morgan fingerprint density at radius 1 is 1.30 bits per heavy atom. The molecule has 3 heterocycles. The quantitative estimate of drug-likeness (QED) is 0.823. The molecule has 1 N–H and O–H groups in total. The van der Waals surface area contributed by atoms with Crippen molar-refractivity contribution in [3.63, 3.8) is 0 Å². The van der Waals surface area contributed by atoms with E-state index < -0.39 is 0 Å². The van der Waals surface area contributed by atoms with Crippen LogP contribution in [0.2, 0.25) is 0 Å². The zero-order valence-corrected chi connectivity index (χ0v) is 18.4. The summed E-state index contributed by atoms with van der Waals surface area (Å²) in [6.45, 7) is 12.1. The van der Waals surface area contributed by atoms with Crippen LogP contribution in [0.3, 0.4) is 0 Å². The molecular formula is C22H31N5O3. The minimum absolute atomic E-state index is 0.0145. The molecule has 30 heavy (non-hydrogen) atoms. The molecule has 162 valence electrons. The molecule has 3 unspecified atom stereocenters. The van der Waals surface area contributed by atoms with Crippen molar-refractivity contribution < 1.29 is 14.1 Å². The van der Waals surface area contributed by atoms with Gasteiger partial charge in [-0.15, -0.1) is 0 Å². The Balaban J connectivity index is 1.58. The van der Waals surface area contributed by atoms with E-state index in [9.17, 15) is 4.79 Å². The first-order valence-corrected chi connectivity index (χ1v) is 10.8. The van der Waals surface area contributed by atoms with Gasteiger partial charge in [-0.2, -0.15) is 0 Å². The molecule has 0 radical (unpaired) electrons. The summed E-state index contributed by atoms with van der Waals surface area (Å²) >= 11 is 0. The van der Waals surface area contributed by atoms with Crippen LogP contribution in [-0.2, 0) is 17.6 Å². The van der Waals surface area contributed by atoms with Crippen molar-refractivity contribution in [3.05, 3.63) is 35.0 Å². The van der Waals surface area contributed by atoms with E-state index in [0.29, 0.717) is 17.9 Å². The predicted octanol–water partition coefficient (Wildman–Crippen LogP) is 3.08. The molecule has 2 aromatic rings. The number of carbonyl (C=O) groups is 1. The topological polar surface area (TPSA) is 93.4 Å². The van der Waals surface area contributed by atoms with Crippen LogP contribution in [0.5, 0.6) is 0 Å². The number of anilines is 1. The summed E-state index contributed by atoms with van der Waals surface area (Å²) < 4.78 is 11.0. The second-order valence-electron chi connectivity index (χ2n) is 9.34. The Morgan fingerprint density at radius 2 is 2.03 bits per heavy atom. The van der Waals surface area contributed by atoms with Crippen molar-refractivity contribution in [3.8, 4) is 0 Å². The van der Waals surface area contributed by atoms with E-state index >= 15 is 0 Å². The number of hydrogen-bond acceptors (Lipinski definition) is 7. The van der Waals surface area contributed by atoms with Gasteiger partial charge in [0.15, 0.2) is 5.69 Å². The number of nitrogens with zero attached hydrogens (tertiary/aromatic N) is 4. The smallest absolute Gasteiger partial charge is 0.273 e. The fourth-order valence-electron chi connectivity index (χ4n) is 4.48. The minimum Gasteiger partial charge on any atom is -0.372 e. The first-order valence-electron chi connectivity index (χ1n) is 10.8. The number of fused-ring (bicyclic) bond motifs is 1. The largest absolute Gasteiger partial charge is 0.372 e. The average molecular weight is 414 g/mol. The normalized spacial score (nSPS) is 25.6. The molecule has 0 saturated carbocycles. The molecule has 8 nitrogen and oxygen atoms in total. The summed E-state index contributed by atoms with van der Waals surface area (Å²) in [5.41, 5.74) is 2.31. The Bertz CT molecular complexity index is 915. The zero-order chi connectivity index (χ0) is 21.5. The highest BCUT2D eigenvalue weighted by Gasteiger charge is 2.36. The van der Waals surface area contributed by atoms with Gasteiger partial charge in [0.05, 0.1) is 23.9 Å². The standard InChI is InChI=1S/C22H31N5O3/c1-6-15-7-17(26-30-15)20(28)24-18-8-22(4,5)9-19-16(18)10-23-21(25-19)27-11-13(2)29-14(3)12-27/h7,10,13-14,18H,6,8-9,11-12H2,1-5H3,(H,24,28). The highest BCUT2D eigenvalue weighted by atomic mass is 16.5. The van der Waals surface area contributed by atoms with Crippen molar-refractivity contribution in [1.82, 2.24) is 20.4 Å². The van der Waals surface area contributed by atoms with Gasteiger partial charge in [-0.3, -0.25) is 4.79 Å². The molecule has 1 amide bonds. The first-order chi connectivity index (χ1) is 14.2. The summed E-state index contributed by atoms with van der Waals surface area (Å²) in [4.78, 5) is 24.5. The van der Waals surface area contributed by atoms with Crippen LogP contribution in [0.15, 0.2) is 16.8 Å². The number of morpholine rings is 1.